The Morgan fingerprint density at radius 1 is 1.38 bits per heavy atom. The fourth-order valence-electron chi connectivity index (χ4n) is 0.915. The molecule has 0 unspecified atom stereocenters. The summed E-state index contributed by atoms with van der Waals surface area (Å²) in [7, 11) is 0. The zero-order chi connectivity index (χ0) is 10.5. The minimum absolute atomic E-state index is 0.489. The molecule has 0 spiro atoms. The van der Waals surface area contributed by atoms with E-state index in [4.69, 9.17) is 34.8 Å². The molecule has 0 atom stereocenters. The van der Waals surface area contributed by atoms with E-state index >= 15 is 0 Å². The summed E-state index contributed by atoms with van der Waals surface area (Å²) in [5.41, 5.74) is 1.48. The molecule has 0 fully saturated rings. The Morgan fingerprint density at radius 3 is 2.23 bits per heavy atom. The third-order valence-corrected chi connectivity index (χ3v) is 2.07. The molecule has 0 saturated heterocycles. The van der Waals surface area contributed by atoms with E-state index < -0.39 is 3.79 Å². The van der Waals surface area contributed by atoms with Gasteiger partial charge < -0.3 is 0 Å². The lowest BCUT2D eigenvalue weighted by Crippen LogP contribution is -2.06. The van der Waals surface area contributed by atoms with Crippen molar-refractivity contribution < 1.29 is 0 Å². The van der Waals surface area contributed by atoms with Gasteiger partial charge in [0.2, 0.25) is 3.79 Å². The summed E-state index contributed by atoms with van der Waals surface area (Å²) in [6, 6.07) is 0. The highest BCUT2D eigenvalue weighted by molar-refractivity contribution is 6.69. The smallest absolute Gasteiger partial charge is 0.232 e. The SMILES string of the molecule is C/C=C(\N=C(C)CCC)C(Cl)(Cl)Cl. The van der Waals surface area contributed by atoms with E-state index in [0.717, 1.165) is 18.6 Å². The molecule has 76 valence electrons. The highest BCUT2D eigenvalue weighted by atomic mass is 35.6. The summed E-state index contributed by atoms with van der Waals surface area (Å²) in [4.78, 5) is 4.24. The zero-order valence-corrected chi connectivity index (χ0v) is 10.3. The molecule has 0 amide bonds. The number of rotatable bonds is 3. The summed E-state index contributed by atoms with van der Waals surface area (Å²) < 4.78 is -1.41. The van der Waals surface area contributed by atoms with Gasteiger partial charge in [0.15, 0.2) is 0 Å². The largest absolute Gasteiger partial charge is 0.258 e. The molecule has 0 N–H and O–H groups in total. The van der Waals surface area contributed by atoms with Gasteiger partial charge in [0.25, 0.3) is 0 Å². The van der Waals surface area contributed by atoms with Crippen molar-refractivity contribution >= 4 is 40.5 Å². The number of hydrogen-bond acceptors (Lipinski definition) is 1. The molecule has 1 nitrogen and oxygen atoms in total. The molecule has 0 aliphatic carbocycles. The van der Waals surface area contributed by atoms with Gasteiger partial charge in [-0.1, -0.05) is 54.2 Å². The number of hydrogen-bond donors (Lipinski definition) is 0. The summed E-state index contributed by atoms with van der Waals surface area (Å²) in [5.74, 6) is 0. The second-order valence-electron chi connectivity index (χ2n) is 2.77. The fourth-order valence-corrected chi connectivity index (χ4v) is 1.37. The fraction of sp³-hybridized carbons (Fsp3) is 0.667. The Bertz CT molecular complexity index is 213. The lowest BCUT2D eigenvalue weighted by molar-refractivity contribution is 0.980. The molecule has 0 aromatic carbocycles. The average molecular weight is 243 g/mol. The predicted octanol–water partition coefficient (Wildman–Crippen LogP) is 4.52. The number of allylic oxidation sites excluding steroid dienone is 2. The summed E-state index contributed by atoms with van der Waals surface area (Å²) in [6.07, 6.45) is 3.69. The minimum Gasteiger partial charge on any atom is -0.258 e. The van der Waals surface area contributed by atoms with Crippen molar-refractivity contribution in [3.8, 4) is 0 Å². The van der Waals surface area contributed by atoms with E-state index in [1.807, 2.05) is 6.92 Å². The van der Waals surface area contributed by atoms with Gasteiger partial charge in [0, 0.05) is 5.71 Å². The predicted molar refractivity (Wildman–Crippen MR) is 62.1 cm³/mol. The zero-order valence-electron chi connectivity index (χ0n) is 8.07. The van der Waals surface area contributed by atoms with Gasteiger partial charge in [0.05, 0.1) is 5.70 Å². The van der Waals surface area contributed by atoms with Crippen molar-refractivity contribution in [1.29, 1.82) is 0 Å². The van der Waals surface area contributed by atoms with Crippen molar-refractivity contribution in [2.75, 3.05) is 0 Å². The van der Waals surface area contributed by atoms with E-state index in [0.29, 0.717) is 5.70 Å². The number of nitrogens with zero attached hydrogens (tertiary/aromatic N) is 1. The molecule has 0 rings (SSSR count). The maximum Gasteiger partial charge on any atom is 0.232 e. The molecule has 0 aliphatic heterocycles. The first-order chi connectivity index (χ1) is 5.91. The van der Waals surface area contributed by atoms with E-state index in [9.17, 15) is 0 Å². The Labute approximate surface area is 94.8 Å². The Balaban J connectivity index is 4.56. The lowest BCUT2D eigenvalue weighted by atomic mass is 10.2. The molecule has 0 bridgehead atoms. The van der Waals surface area contributed by atoms with Crippen LogP contribution in [-0.4, -0.2) is 9.50 Å². The number of alkyl halides is 3. The van der Waals surface area contributed by atoms with Crippen LogP contribution in [0.1, 0.15) is 33.6 Å². The minimum atomic E-state index is -1.41. The van der Waals surface area contributed by atoms with Gasteiger partial charge in [-0.25, -0.2) is 0 Å². The normalized spacial score (nSPS) is 14.9. The monoisotopic (exact) mass is 241 g/mol. The van der Waals surface area contributed by atoms with Crippen LogP contribution in [0.15, 0.2) is 16.8 Å². The van der Waals surface area contributed by atoms with Gasteiger partial charge in [-0.3, -0.25) is 4.99 Å². The van der Waals surface area contributed by atoms with Gasteiger partial charge in [-0.15, -0.1) is 0 Å². The summed E-state index contributed by atoms with van der Waals surface area (Å²) >= 11 is 17.1. The number of halogens is 3. The van der Waals surface area contributed by atoms with Crippen LogP contribution in [0.2, 0.25) is 0 Å². The quantitative estimate of drug-likeness (QED) is 0.510. The van der Waals surface area contributed by atoms with Gasteiger partial charge in [-0.2, -0.15) is 0 Å². The van der Waals surface area contributed by atoms with Crippen LogP contribution in [0.3, 0.4) is 0 Å². The first kappa shape index (κ1) is 13.3. The van der Waals surface area contributed by atoms with Gasteiger partial charge in [0.1, 0.15) is 0 Å². The van der Waals surface area contributed by atoms with Crippen LogP contribution in [0.4, 0.5) is 0 Å². The molecule has 0 radical (unpaired) electrons. The van der Waals surface area contributed by atoms with Crippen LogP contribution in [0.5, 0.6) is 0 Å². The Hall–Kier alpha value is 0.280. The summed E-state index contributed by atoms with van der Waals surface area (Å²) in [6.45, 7) is 5.83. The van der Waals surface area contributed by atoms with Gasteiger partial charge >= 0.3 is 0 Å². The molecule has 13 heavy (non-hydrogen) atoms. The molecular weight excluding hydrogens is 228 g/mol. The standard InChI is InChI=1S/C9H14Cl3N/c1-4-6-7(3)13-8(5-2)9(10,11)12/h5H,4,6H2,1-3H3/b8-5-,13-7?. The molecular formula is C9H14Cl3N. The molecule has 0 saturated carbocycles. The molecule has 0 aromatic rings. The van der Waals surface area contributed by atoms with Crippen molar-refractivity contribution in [1.82, 2.24) is 0 Å². The number of aliphatic imine (C=N–C) groups is 1. The average Bonchev–Trinajstić information content (AvgIpc) is 1.98. The first-order valence-electron chi connectivity index (χ1n) is 4.19. The third-order valence-electron chi connectivity index (χ3n) is 1.49. The topological polar surface area (TPSA) is 12.4 Å². The Morgan fingerprint density at radius 2 is 1.92 bits per heavy atom. The Kier molecular flexibility index (Phi) is 6.02. The second kappa shape index (κ2) is 5.90. The maximum atomic E-state index is 5.70. The molecule has 0 heterocycles. The third kappa shape index (κ3) is 5.56. The molecule has 0 aliphatic rings. The van der Waals surface area contributed by atoms with Crippen LogP contribution in [0, 0.1) is 0 Å². The van der Waals surface area contributed by atoms with E-state index in [1.54, 1.807) is 13.0 Å². The van der Waals surface area contributed by atoms with Crippen LogP contribution in [0.25, 0.3) is 0 Å². The lowest BCUT2D eigenvalue weighted by Gasteiger charge is -2.11. The van der Waals surface area contributed by atoms with E-state index in [-0.39, 0.29) is 0 Å². The molecule has 4 heteroatoms. The highest BCUT2D eigenvalue weighted by Gasteiger charge is 2.24. The van der Waals surface area contributed by atoms with Crippen molar-refractivity contribution in [2.45, 2.75) is 37.4 Å². The summed E-state index contributed by atoms with van der Waals surface area (Å²) in [5, 5.41) is 0. The first-order valence-corrected chi connectivity index (χ1v) is 5.32. The second-order valence-corrected chi connectivity index (χ2v) is 5.05. The van der Waals surface area contributed by atoms with Crippen molar-refractivity contribution in [3.05, 3.63) is 11.8 Å². The van der Waals surface area contributed by atoms with Gasteiger partial charge in [-0.05, 0) is 20.3 Å². The highest BCUT2D eigenvalue weighted by Crippen LogP contribution is 2.35. The molecule has 0 aromatic heterocycles. The van der Waals surface area contributed by atoms with Crippen molar-refractivity contribution in [3.63, 3.8) is 0 Å². The van der Waals surface area contributed by atoms with E-state index in [2.05, 4.69) is 11.9 Å². The van der Waals surface area contributed by atoms with Crippen molar-refractivity contribution in [2.24, 2.45) is 4.99 Å². The van der Waals surface area contributed by atoms with Crippen LogP contribution >= 0.6 is 34.8 Å². The maximum absolute atomic E-state index is 5.70. The van der Waals surface area contributed by atoms with Crippen LogP contribution < -0.4 is 0 Å². The van der Waals surface area contributed by atoms with E-state index in [1.165, 1.54) is 0 Å². The van der Waals surface area contributed by atoms with Crippen LogP contribution in [-0.2, 0) is 0 Å².